The Balaban J connectivity index is 2.51. The first-order valence-electron chi connectivity index (χ1n) is 2.57. The number of ether oxygens (including phenoxy) is 1. The van der Waals surface area contributed by atoms with Gasteiger partial charge in [-0.3, -0.25) is 4.79 Å². The molecule has 0 aromatic carbocycles. The number of aliphatic hydroxyl groups excluding tert-OH is 1. The molecule has 0 spiro atoms. The number of cyclic esters (lactones) is 1. The fraction of sp³-hybridized carbons (Fsp3) is 0.800. The Morgan fingerprint density at radius 3 is 2.62 bits per heavy atom. The number of carbonyl (C=O) groups excluding carboxylic acids is 1. The average Bonchev–Trinajstić information content (AvgIpc) is 1.85. The first-order valence-corrected chi connectivity index (χ1v) is 2.57. The molecule has 1 heterocycles. The van der Waals surface area contributed by atoms with Gasteiger partial charge in [-0.05, 0) is 0 Å². The second kappa shape index (κ2) is 1.74. The van der Waals surface area contributed by atoms with E-state index in [4.69, 9.17) is 5.11 Å². The highest BCUT2D eigenvalue weighted by molar-refractivity contribution is 5.71. The highest BCUT2D eigenvalue weighted by atomic mass is 16.6. The van der Waals surface area contributed by atoms with Gasteiger partial charge in [0.25, 0.3) is 0 Å². The van der Waals surface area contributed by atoms with Crippen LogP contribution in [0.4, 0.5) is 0 Å². The van der Waals surface area contributed by atoms with Crippen LogP contribution in [0.15, 0.2) is 0 Å². The summed E-state index contributed by atoms with van der Waals surface area (Å²) in [4.78, 5) is 10.3. The maximum absolute atomic E-state index is 10.3. The van der Waals surface area contributed by atoms with Crippen molar-refractivity contribution in [2.75, 3.05) is 0 Å². The molecule has 3 heteroatoms. The maximum atomic E-state index is 10.3. The fourth-order valence-electron chi connectivity index (χ4n) is 0.663. The third-order valence-corrected chi connectivity index (χ3v) is 1.23. The van der Waals surface area contributed by atoms with Gasteiger partial charge in [-0.2, -0.15) is 0 Å². The van der Waals surface area contributed by atoms with Crippen LogP contribution in [-0.2, 0) is 9.53 Å². The topological polar surface area (TPSA) is 46.5 Å². The lowest BCUT2D eigenvalue weighted by Gasteiger charge is -2.02. The van der Waals surface area contributed by atoms with Crippen LogP contribution in [0, 0.1) is 5.92 Å². The van der Waals surface area contributed by atoms with Crippen molar-refractivity contribution in [2.24, 2.45) is 5.92 Å². The summed E-state index contributed by atoms with van der Waals surface area (Å²) in [6.07, 6.45) is -0.510. The zero-order chi connectivity index (χ0) is 6.15. The minimum atomic E-state index is -0.859. The van der Waals surface area contributed by atoms with E-state index < -0.39 is 6.29 Å². The summed E-state index contributed by atoms with van der Waals surface area (Å²) < 4.78 is 4.39. The number of hydrogen-bond acceptors (Lipinski definition) is 3. The minimum Gasteiger partial charge on any atom is -0.436 e. The van der Waals surface area contributed by atoms with Crippen molar-refractivity contribution in [3.05, 3.63) is 0 Å². The first kappa shape index (κ1) is 5.56. The van der Waals surface area contributed by atoms with E-state index in [-0.39, 0.29) is 11.9 Å². The van der Waals surface area contributed by atoms with Crippen LogP contribution in [0.2, 0.25) is 0 Å². The molecule has 46 valence electrons. The molecule has 1 aliphatic rings. The molecule has 1 rings (SSSR count). The molecule has 1 fully saturated rings. The Bertz CT molecular complexity index is 98.2. The van der Waals surface area contributed by atoms with Gasteiger partial charge in [0, 0.05) is 5.92 Å². The number of carbonyl (C=O) groups is 1. The SMILES string of the molecule is C[C@@H]1CC(=O)O[C@@H]1O. The van der Waals surface area contributed by atoms with Gasteiger partial charge in [0.15, 0.2) is 0 Å². The van der Waals surface area contributed by atoms with Crippen LogP contribution in [-0.4, -0.2) is 17.4 Å². The molecule has 8 heavy (non-hydrogen) atoms. The second-order valence-corrected chi connectivity index (χ2v) is 2.06. The summed E-state index contributed by atoms with van der Waals surface area (Å²) in [5.41, 5.74) is 0. The van der Waals surface area contributed by atoms with Crippen molar-refractivity contribution < 1.29 is 14.6 Å². The molecule has 0 radical (unpaired) electrons. The van der Waals surface area contributed by atoms with Crippen LogP contribution in [0.25, 0.3) is 0 Å². The van der Waals surface area contributed by atoms with Gasteiger partial charge >= 0.3 is 5.97 Å². The van der Waals surface area contributed by atoms with E-state index in [0.717, 1.165) is 0 Å². The maximum Gasteiger partial charge on any atom is 0.308 e. The van der Waals surface area contributed by atoms with Gasteiger partial charge in [0.2, 0.25) is 6.29 Å². The molecule has 1 N–H and O–H groups in total. The summed E-state index contributed by atoms with van der Waals surface area (Å²) in [7, 11) is 0. The summed E-state index contributed by atoms with van der Waals surface area (Å²) in [5.74, 6) is -0.326. The van der Waals surface area contributed by atoms with Crippen LogP contribution in [0.1, 0.15) is 13.3 Å². The van der Waals surface area contributed by atoms with Crippen LogP contribution in [0.5, 0.6) is 0 Å². The summed E-state index contributed by atoms with van der Waals surface area (Å²) in [5, 5.41) is 8.73. The van der Waals surface area contributed by atoms with E-state index in [0.29, 0.717) is 6.42 Å². The molecule has 0 aromatic heterocycles. The van der Waals surface area contributed by atoms with E-state index in [1.165, 1.54) is 0 Å². The van der Waals surface area contributed by atoms with Crippen molar-refractivity contribution >= 4 is 5.97 Å². The normalized spacial score (nSPS) is 37.5. The molecule has 0 saturated carbocycles. The highest BCUT2D eigenvalue weighted by Crippen LogP contribution is 2.18. The van der Waals surface area contributed by atoms with E-state index in [2.05, 4.69) is 4.74 Å². The quantitative estimate of drug-likeness (QED) is 0.449. The van der Waals surface area contributed by atoms with E-state index in [1.54, 1.807) is 6.92 Å². The van der Waals surface area contributed by atoms with Gasteiger partial charge < -0.3 is 9.84 Å². The van der Waals surface area contributed by atoms with Crippen molar-refractivity contribution in [1.82, 2.24) is 0 Å². The highest BCUT2D eigenvalue weighted by Gasteiger charge is 2.28. The average molecular weight is 116 g/mol. The van der Waals surface area contributed by atoms with Gasteiger partial charge in [0.05, 0.1) is 6.42 Å². The zero-order valence-corrected chi connectivity index (χ0v) is 4.63. The van der Waals surface area contributed by atoms with Gasteiger partial charge in [-0.1, -0.05) is 6.92 Å². The third kappa shape index (κ3) is 0.816. The van der Waals surface area contributed by atoms with Crippen molar-refractivity contribution in [1.29, 1.82) is 0 Å². The van der Waals surface area contributed by atoms with Crippen LogP contribution in [0.3, 0.4) is 0 Å². The summed E-state index contributed by atoms with van der Waals surface area (Å²) in [6, 6.07) is 0. The summed E-state index contributed by atoms with van der Waals surface area (Å²) in [6.45, 7) is 1.77. The van der Waals surface area contributed by atoms with Crippen LogP contribution < -0.4 is 0 Å². The van der Waals surface area contributed by atoms with E-state index in [9.17, 15) is 4.79 Å². The fourth-order valence-corrected chi connectivity index (χ4v) is 0.663. The largest absolute Gasteiger partial charge is 0.436 e. The lowest BCUT2D eigenvalue weighted by Crippen LogP contribution is -2.10. The second-order valence-electron chi connectivity index (χ2n) is 2.06. The molecule has 2 atom stereocenters. The van der Waals surface area contributed by atoms with Crippen molar-refractivity contribution in [3.8, 4) is 0 Å². The Morgan fingerprint density at radius 1 is 1.88 bits per heavy atom. The molecular formula is C5H8O3. The lowest BCUT2D eigenvalue weighted by molar-refractivity contribution is -0.155. The van der Waals surface area contributed by atoms with E-state index >= 15 is 0 Å². The standard InChI is InChI=1S/C5H8O3/c1-3-2-4(6)8-5(3)7/h3,5,7H,2H2,1H3/t3-,5+/m1/s1. The molecule has 1 aliphatic heterocycles. The molecule has 0 aliphatic carbocycles. The predicted octanol–water partition coefficient (Wildman–Crippen LogP) is -0.112. The number of hydrogen-bond donors (Lipinski definition) is 1. The molecule has 3 nitrogen and oxygen atoms in total. The monoisotopic (exact) mass is 116 g/mol. The van der Waals surface area contributed by atoms with E-state index in [1.807, 2.05) is 0 Å². The Morgan fingerprint density at radius 2 is 2.50 bits per heavy atom. The minimum absolute atomic E-state index is 0.0255. The number of esters is 1. The van der Waals surface area contributed by atoms with Crippen molar-refractivity contribution in [3.63, 3.8) is 0 Å². The molecule has 0 bridgehead atoms. The summed E-state index contributed by atoms with van der Waals surface area (Å²) >= 11 is 0. The van der Waals surface area contributed by atoms with Crippen LogP contribution >= 0.6 is 0 Å². The van der Waals surface area contributed by atoms with Gasteiger partial charge in [-0.15, -0.1) is 0 Å². The molecule has 1 saturated heterocycles. The Kier molecular flexibility index (Phi) is 1.21. The molecule has 0 unspecified atom stereocenters. The van der Waals surface area contributed by atoms with Crippen molar-refractivity contribution in [2.45, 2.75) is 19.6 Å². The Labute approximate surface area is 47.3 Å². The number of aliphatic hydroxyl groups is 1. The molecule has 0 aromatic rings. The zero-order valence-electron chi connectivity index (χ0n) is 4.63. The van der Waals surface area contributed by atoms with Gasteiger partial charge in [0.1, 0.15) is 0 Å². The predicted molar refractivity (Wildman–Crippen MR) is 25.9 cm³/mol. The molecular weight excluding hydrogens is 108 g/mol. The number of rotatable bonds is 0. The first-order chi connectivity index (χ1) is 3.70. The lowest BCUT2D eigenvalue weighted by atomic mass is 10.1. The Hall–Kier alpha value is -0.570. The van der Waals surface area contributed by atoms with Gasteiger partial charge in [-0.25, -0.2) is 0 Å². The molecule has 0 amide bonds. The smallest absolute Gasteiger partial charge is 0.308 e. The third-order valence-electron chi connectivity index (χ3n) is 1.23.